The average molecular weight is 384 g/mol. The largest absolute Gasteiger partial charge is 0.348 e. The van der Waals surface area contributed by atoms with Crippen LogP contribution in [-0.2, 0) is 9.59 Å². The number of piperidine rings is 1. The van der Waals surface area contributed by atoms with Crippen LogP contribution in [0, 0.1) is 16.0 Å². The molecule has 1 aromatic carbocycles. The summed E-state index contributed by atoms with van der Waals surface area (Å²) in [6.45, 7) is 2.00. The molecule has 0 aliphatic carbocycles. The predicted octanol–water partition coefficient (Wildman–Crippen LogP) is 1.36. The molecule has 2 aromatic rings. The quantitative estimate of drug-likeness (QED) is 0.452. The van der Waals surface area contributed by atoms with Gasteiger partial charge < -0.3 is 15.5 Å². The highest BCUT2D eigenvalue weighted by molar-refractivity contribution is 6.39. The Hall–Kier alpha value is -3.56. The van der Waals surface area contributed by atoms with Gasteiger partial charge in [0, 0.05) is 49.8 Å². The zero-order chi connectivity index (χ0) is 19.9. The van der Waals surface area contributed by atoms with Crippen molar-refractivity contribution in [2.24, 2.45) is 5.92 Å². The van der Waals surface area contributed by atoms with Crippen molar-refractivity contribution >= 4 is 29.1 Å². The third kappa shape index (κ3) is 5.00. The van der Waals surface area contributed by atoms with Crippen molar-refractivity contribution in [1.82, 2.24) is 15.3 Å². The summed E-state index contributed by atoms with van der Waals surface area (Å²) in [5, 5.41) is 15.7. The van der Waals surface area contributed by atoms with Crippen LogP contribution in [0.5, 0.6) is 0 Å². The maximum atomic E-state index is 12.0. The molecule has 0 unspecified atom stereocenters. The number of non-ortho nitro benzene ring substituents is 1. The van der Waals surface area contributed by atoms with E-state index < -0.39 is 16.7 Å². The van der Waals surface area contributed by atoms with Crippen LogP contribution in [0.3, 0.4) is 0 Å². The maximum absolute atomic E-state index is 12.0. The van der Waals surface area contributed by atoms with Gasteiger partial charge in [-0.2, -0.15) is 0 Å². The van der Waals surface area contributed by atoms with Crippen LogP contribution < -0.4 is 15.5 Å². The molecule has 2 amide bonds. The molecule has 1 aliphatic rings. The number of amides is 2. The summed E-state index contributed by atoms with van der Waals surface area (Å²) >= 11 is 0. The second kappa shape index (κ2) is 8.89. The van der Waals surface area contributed by atoms with Crippen LogP contribution in [0.4, 0.5) is 17.3 Å². The SMILES string of the molecule is O=C(NCC1CCN(c2ncccn2)CC1)C(=O)Nc1ccc([N+](=O)[O-])cc1. The van der Waals surface area contributed by atoms with Gasteiger partial charge in [-0.1, -0.05) is 0 Å². The molecule has 0 radical (unpaired) electrons. The lowest BCUT2D eigenvalue weighted by molar-refractivity contribution is -0.384. The lowest BCUT2D eigenvalue weighted by Crippen LogP contribution is -2.42. The molecule has 0 atom stereocenters. The fourth-order valence-corrected chi connectivity index (χ4v) is 2.96. The highest BCUT2D eigenvalue weighted by Gasteiger charge is 2.22. The topological polar surface area (TPSA) is 130 Å². The Morgan fingerprint density at radius 2 is 1.75 bits per heavy atom. The number of nitro benzene ring substituents is 1. The summed E-state index contributed by atoms with van der Waals surface area (Å²) in [5.74, 6) is -0.556. The van der Waals surface area contributed by atoms with Crippen molar-refractivity contribution in [1.29, 1.82) is 0 Å². The zero-order valence-corrected chi connectivity index (χ0v) is 15.1. The maximum Gasteiger partial charge on any atom is 0.313 e. The Kier molecular flexibility index (Phi) is 6.10. The van der Waals surface area contributed by atoms with Gasteiger partial charge in [-0.15, -0.1) is 0 Å². The Bertz CT molecular complexity index is 835. The average Bonchev–Trinajstić information content (AvgIpc) is 2.73. The first-order chi connectivity index (χ1) is 13.5. The first kappa shape index (κ1) is 19.2. The monoisotopic (exact) mass is 384 g/mol. The van der Waals surface area contributed by atoms with Gasteiger partial charge in [0.2, 0.25) is 5.95 Å². The molecular weight excluding hydrogens is 364 g/mol. The van der Waals surface area contributed by atoms with Crippen LogP contribution in [0.1, 0.15) is 12.8 Å². The van der Waals surface area contributed by atoms with Gasteiger partial charge in [0.05, 0.1) is 4.92 Å². The van der Waals surface area contributed by atoms with Gasteiger partial charge in [0.25, 0.3) is 5.69 Å². The number of anilines is 2. The Balaban J connectivity index is 1.41. The predicted molar refractivity (Wildman–Crippen MR) is 102 cm³/mol. The first-order valence-corrected chi connectivity index (χ1v) is 8.88. The van der Waals surface area contributed by atoms with E-state index in [0.29, 0.717) is 18.2 Å². The Morgan fingerprint density at radius 1 is 1.11 bits per heavy atom. The minimum absolute atomic E-state index is 0.0882. The molecule has 10 heteroatoms. The van der Waals surface area contributed by atoms with E-state index in [1.807, 2.05) is 0 Å². The van der Waals surface area contributed by atoms with E-state index in [-0.39, 0.29) is 11.6 Å². The summed E-state index contributed by atoms with van der Waals surface area (Å²) in [7, 11) is 0. The molecule has 1 fully saturated rings. The van der Waals surface area contributed by atoms with E-state index >= 15 is 0 Å². The van der Waals surface area contributed by atoms with Crippen molar-refractivity contribution < 1.29 is 14.5 Å². The molecular formula is C18H20N6O4. The highest BCUT2D eigenvalue weighted by Crippen LogP contribution is 2.19. The summed E-state index contributed by atoms with van der Waals surface area (Å²) in [6, 6.07) is 7.05. The number of aromatic nitrogens is 2. The number of hydrogen-bond acceptors (Lipinski definition) is 7. The van der Waals surface area contributed by atoms with Crippen molar-refractivity contribution in [2.75, 3.05) is 29.9 Å². The number of benzene rings is 1. The Morgan fingerprint density at radius 3 is 2.36 bits per heavy atom. The number of hydrogen-bond donors (Lipinski definition) is 2. The van der Waals surface area contributed by atoms with Crippen molar-refractivity contribution in [2.45, 2.75) is 12.8 Å². The van der Waals surface area contributed by atoms with Gasteiger partial charge in [0.1, 0.15) is 0 Å². The van der Waals surface area contributed by atoms with Crippen molar-refractivity contribution in [3.63, 3.8) is 0 Å². The van der Waals surface area contributed by atoms with Gasteiger partial charge in [-0.3, -0.25) is 19.7 Å². The van der Waals surface area contributed by atoms with Crippen LogP contribution >= 0.6 is 0 Å². The second-order valence-electron chi connectivity index (χ2n) is 6.45. The minimum Gasteiger partial charge on any atom is -0.348 e. The van der Waals surface area contributed by atoms with Crippen molar-refractivity contribution in [3.8, 4) is 0 Å². The molecule has 0 spiro atoms. The van der Waals surface area contributed by atoms with E-state index in [0.717, 1.165) is 25.9 Å². The number of nitrogens with zero attached hydrogens (tertiary/aromatic N) is 4. The fraction of sp³-hybridized carbons (Fsp3) is 0.333. The van der Waals surface area contributed by atoms with E-state index in [9.17, 15) is 19.7 Å². The van der Waals surface area contributed by atoms with Crippen molar-refractivity contribution in [3.05, 3.63) is 52.8 Å². The van der Waals surface area contributed by atoms with Crippen LogP contribution in [-0.4, -0.2) is 46.3 Å². The lowest BCUT2D eigenvalue weighted by Gasteiger charge is -2.31. The molecule has 146 valence electrons. The molecule has 3 rings (SSSR count). The minimum atomic E-state index is -0.802. The number of carbonyl (C=O) groups is 2. The molecule has 1 saturated heterocycles. The van der Waals surface area contributed by atoms with E-state index in [1.165, 1.54) is 24.3 Å². The summed E-state index contributed by atoms with van der Waals surface area (Å²) in [4.78, 5) is 44.6. The molecule has 0 saturated carbocycles. The number of rotatable bonds is 5. The molecule has 2 N–H and O–H groups in total. The molecule has 2 heterocycles. The number of carbonyl (C=O) groups excluding carboxylic acids is 2. The van der Waals surface area contributed by atoms with Gasteiger partial charge in [0.15, 0.2) is 0 Å². The number of nitrogens with one attached hydrogen (secondary N) is 2. The van der Waals surface area contributed by atoms with Crippen LogP contribution in [0.2, 0.25) is 0 Å². The zero-order valence-electron chi connectivity index (χ0n) is 15.1. The molecule has 1 aliphatic heterocycles. The number of nitro groups is 1. The highest BCUT2D eigenvalue weighted by atomic mass is 16.6. The standard InChI is InChI=1S/C18H20N6O4/c25-16(17(26)22-14-2-4-15(5-3-14)24(27)28)21-12-13-6-10-23(11-7-13)18-19-8-1-9-20-18/h1-5,8-9,13H,6-7,10-12H2,(H,21,25)(H,22,26). The molecule has 0 bridgehead atoms. The smallest absolute Gasteiger partial charge is 0.313 e. The summed E-state index contributed by atoms with van der Waals surface area (Å²) < 4.78 is 0. The third-order valence-electron chi connectivity index (χ3n) is 4.54. The van der Waals surface area contributed by atoms with Crippen LogP contribution in [0.15, 0.2) is 42.7 Å². The molecule has 28 heavy (non-hydrogen) atoms. The molecule has 1 aromatic heterocycles. The Labute approximate surface area is 161 Å². The van der Waals surface area contributed by atoms with E-state index in [2.05, 4.69) is 25.5 Å². The molecule has 10 nitrogen and oxygen atoms in total. The third-order valence-corrected chi connectivity index (χ3v) is 4.54. The first-order valence-electron chi connectivity index (χ1n) is 8.88. The summed E-state index contributed by atoms with van der Waals surface area (Å²) in [5.41, 5.74) is 0.233. The van der Waals surface area contributed by atoms with Gasteiger partial charge in [-0.05, 0) is 37.0 Å². The summed E-state index contributed by atoms with van der Waals surface area (Å²) in [6.07, 6.45) is 5.14. The second-order valence-corrected chi connectivity index (χ2v) is 6.45. The normalized spacial score (nSPS) is 14.4. The van der Waals surface area contributed by atoms with Gasteiger partial charge in [-0.25, -0.2) is 9.97 Å². The van der Waals surface area contributed by atoms with E-state index in [1.54, 1.807) is 18.5 Å². The van der Waals surface area contributed by atoms with Crippen LogP contribution in [0.25, 0.3) is 0 Å². The van der Waals surface area contributed by atoms with E-state index in [4.69, 9.17) is 0 Å². The fourth-order valence-electron chi connectivity index (χ4n) is 2.96. The lowest BCUT2D eigenvalue weighted by atomic mass is 9.97. The van der Waals surface area contributed by atoms with Gasteiger partial charge >= 0.3 is 11.8 Å².